The third-order valence-corrected chi connectivity index (χ3v) is 2.86. The van der Waals surface area contributed by atoms with Crippen LogP contribution in [0.1, 0.15) is 6.42 Å². The zero-order valence-electron chi connectivity index (χ0n) is 8.14. The molecule has 0 fully saturated rings. The molecule has 0 bridgehead atoms. The summed E-state index contributed by atoms with van der Waals surface area (Å²) in [5, 5.41) is 9.58. The molecule has 0 aliphatic rings. The molecule has 5 heteroatoms. The first-order valence-corrected chi connectivity index (χ1v) is 5.47. The largest absolute Gasteiger partial charge is 0.493 e. The molecule has 2 rings (SSSR count). The zero-order chi connectivity index (χ0) is 10.7. The second-order valence-electron chi connectivity index (χ2n) is 3.15. The van der Waals surface area contributed by atoms with Crippen LogP contribution in [0.4, 0.5) is 5.82 Å². The predicted molar refractivity (Wildman–Crippen MR) is 61.2 cm³/mol. The van der Waals surface area contributed by atoms with Crippen molar-refractivity contribution in [3.8, 4) is 5.75 Å². The molecule has 0 aliphatic carbocycles. The maximum absolute atomic E-state index is 8.61. The molecule has 0 radical (unpaired) electrons. The van der Waals surface area contributed by atoms with Gasteiger partial charge in [0.2, 0.25) is 0 Å². The van der Waals surface area contributed by atoms with Crippen LogP contribution in [0.15, 0.2) is 18.2 Å². The van der Waals surface area contributed by atoms with Gasteiger partial charge in [-0.3, -0.25) is 0 Å². The van der Waals surface area contributed by atoms with E-state index in [2.05, 4.69) is 4.37 Å². The van der Waals surface area contributed by atoms with Gasteiger partial charge < -0.3 is 15.6 Å². The summed E-state index contributed by atoms with van der Waals surface area (Å²) in [6, 6.07) is 5.69. The number of hydrogen-bond acceptors (Lipinski definition) is 5. The molecule has 3 N–H and O–H groups in total. The van der Waals surface area contributed by atoms with Gasteiger partial charge in [-0.1, -0.05) is 0 Å². The number of rotatable bonds is 4. The number of ether oxygens (including phenoxy) is 1. The second kappa shape index (κ2) is 4.46. The van der Waals surface area contributed by atoms with Crippen molar-refractivity contribution in [2.45, 2.75) is 6.42 Å². The van der Waals surface area contributed by atoms with Crippen LogP contribution in [-0.2, 0) is 0 Å². The van der Waals surface area contributed by atoms with E-state index in [-0.39, 0.29) is 6.61 Å². The van der Waals surface area contributed by atoms with Crippen LogP contribution in [0.2, 0.25) is 0 Å². The molecule has 0 atom stereocenters. The summed E-state index contributed by atoms with van der Waals surface area (Å²) >= 11 is 1.36. The third-order valence-electron chi connectivity index (χ3n) is 2.04. The van der Waals surface area contributed by atoms with E-state index in [0.717, 1.165) is 15.8 Å². The van der Waals surface area contributed by atoms with Gasteiger partial charge >= 0.3 is 0 Å². The summed E-state index contributed by atoms with van der Waals surface area (Å²) < 4.78 is 10.5. The zero-order valence-corrected chi connectivity index (χ0v) is 8.96. The lowest BCUT2D eigenvalue weighted by Crippen LogP contribution is -1.99. The average Bonchev–Trinajstić information content (AvgIpc) is 2.61. The van der Waals surface area contributed by atoms with Crippen molar-refractivity contribution in [2.75, 3.05) is 18.9 Å². The minimum Gasteiger partial charge on any atom is -0.493 e. The summed E-state index contributed by atoms with van der Waals surface area (Å²) in [6.45, 7) is 0.673. The summed E-state index contributed by atoms with van der Waals surface area (Å²) in [7, 11) is 0. The molecule has 80 valence electrons. The van der Waals surface area contributed by atoms with Gasteiger partial charge in [0.25, 0.3) is 0 Å². The number of nitrogen functional groups attached to an aromatic ring is 1. The Hall–Kier alpha value is -1.33. The highest BCUT2D eigenvalue weighted by Gasteiger charge is 2.03. The summed E-state index contributed by atoms with van der Waals surface area (Å²) in [5.74, 6) is 1.36. The van der Waals surface area contributed by atoms with E-state index in [1.807, 2.05) is 18.2 Å². The van der Waals surface area contributed by atoms with Crippen LogP contribution in [0.3, 0.4) is 0 Å². The number of nitrogens with zero attached hydrogens (tertiary/aromatic N) is 1. The fraction of sp³-hybridized carbons (Fsp3) is 0.300. The molecule has 0 saturated heterocycles. The molecular formula is C10H12N2O2S. The van der Waals surface area contributed by atoms with Gasteiger partial charge in [0.05, 0.1) is 11.3 Å². The summed E-state index contributed by atoms with van der Waals surface area (Å²) in [5.41, 5.74) is 5.67. The third kappa shape index (κ3) is 2.19. The highest BCUT2D eigenvalue weighted by molar-refractivity contribution is 7.13. The van der Waals surface area contributed by atoms with E-state index in [9.17, 15) is 0 Å². The normalized spacial score (nSPS) is 10.7. The minimum absolute atomic E-state index is 0.149. The van der Waals surface area contributed by atoms with Gasteiger partial charge in [0, 0.05) is 18.4 Å². The first-order valence-electron chi connectivity index (χ1n) is 4.70. The molecule has 1 aromatic heterocycles. The lowest BCUT2D eigenvalue weighted by atomic mass is 10.2. The Morgan fingerprint density at radius 1 is 1.47 bits per heavy atom. The lowest BCUT2D eigenvalue weighted by molar-refractivity contribution is 0.234. The second-order valence-corrected chi connectivity index (χ2v) is 3.96. The van der Waals surface area contributed by atoms with Gasteiger partial charge in [0.1, 0.15) is 11.6 Å². The molecule has 0 spiro atoms. The van der Waals surface area contributed by atoms with E-state index in [4.69, 9.17) is 15.6 Å². The molecule has 0 amide bonds. The van der Waals surface area contributed by atoms with Crippen LogP contribution in [0.5, 0.6) is 5.75 Å². The molecule has 0 unspecified atom stereocenters. The smallest absolute Gasteiger partial charge is 0.144 e. The van der Waals surface area contributed by atoms with Gasteiger partial charge in [0.15, 0.2) is 0 Å². The Morgan fingerprint density at radius 3 is 3.13 bits per heavy atom. The van der Waals surface area contributed by atoms with Crippen LogP contribution in [0.25, 0.3) is 10.1 Å². The highest BCUT2D eigenvalue weighted by Crippen LogP contribution is 2.28. The van der Waals surface area contributed by atoms with Crippen molar-refractivity contribution in [1.29, 1.82) is 0 Å². The van der Waals surface area contributed by atoms with Gasteiger partial charge in [-0.2, -0.15) is 4.37 Å². The van der Waals surface area contributed by atoms with Crippen LogP contribution < -0.4 is 10.5 Å². The molecule has 1 aromatic carbocycles. The quantitative estimate of drug-likeness (QED) is 0.775. The molecule has 15 heavy (non-hydrogen) atoms. The number of hydrogen-bond donors (Lipinski definition) is 2. The van der Waals surface area contributed by atoms with Crippen molar-refractivity contribution in [2.24, 2.45) is 0 Å². The van der Waals surface area contributed by atoms with Crippen LogP contribution >= 0.6 is 11.5 Å². The van der Waals surface area contributed by atoms with E-state index in [1.54, 1.807) is 0 Å². The maximum Gasteiger partial charge on any atom is 0.144 e. The van der Waals surface area contributed by atoms with E-state index in [1.165, 1.54) is 11.5 Å². The van der Waals surface area contributed by atoms with Gasteiger partial charge in [-0.25, -0.2) is 0 Å². The average molecular weight is 224 g/mol. The molecular weight excluding hydrogens is 212 g/mol. The van der Waals surface area contributed by atoms with Crippen molar-refractivity contribution in [1.82, 2.24) is 4.37 Å². The lowest BCUT2D eigenvalue weighted by Gasteiger charge is -2.04. The number of benzene rings is 1. The van der Waals surface area contributed by atoms with Crippen molar-refractivity contribution >= 4 is 27.4 Å². The number of anilines is 1. The molecule has 4 nitrogen and oxygen atoms in total. The van der Waals surface area contributed by atoms with Gasteiger partial charge in [-0.15, -0.1) is 0 Å². The molecule has 2 aromatic rings. The number of aliphatic hydroxyl groups is 1. The molecule has 1 heterocycles. The predicted octanol–water partition coefficient (Wildman–Crippen LogP) is 1.64. The highest BCUT2D eigenvalue weighted by atomic mass is 32.1. The Morgan fingerprint density at radius 2 is 2.33 bits per heavy atom. The summed E-state index contributed by atoms with van der Waals surface area (Å²) in [6.07, 6.45) is 0.642. The Labute approximate surface area is 91.5 Å². The Bertz CT molecular complexity index is 456. The Kier molecular flexibility index (Phi) is 3.03. The SMILES string of the molecule is Nc1nsc2cc(OCCCO)ccc12. The van der Waals surface area contributed by atoms with E-state index < -0.39 is 0 Å². The van der Waals surface area contributed by atoms with E-state index in [0.29, 0.717) is 18.8 Å². The van der Waals surface area contributed by atoms with Crippen LogP contribution in [0, 0.1) is 0 Å². The first-order chi connectivity index (χ1) is 7.31. The molecule has 0 aliphatic heterocycles. The van der Waals surface area contributed by atoms with Crippen LogP contribution in [-0.4, -0.2) is 22.7 Å². The van der Waals surface area contributed by atoms with Crippen molar-refractivity contribution < 1.29 is 9.84 Å². The fourth-order valence-corrected chi connectivity index (χ4v) is 2.02. The van der Waals surface area contributed by atoms with Gasteiger partial charge in [-0.05, 0) is 29.7 Å². The topological polar surface area (TPSA) is 68.4 Å². The first kappa shape index (κ1) is 10.2. The Balaban J connectivity index is 2.16. The maximum atomic E-state index is 8.61. The van der Waals surface area contributed by atoms with Crippen molar-refractivity contribution in [3.63, 3.8) is 0 Å². The summed E-state index contributed by atoms with van der Waals surface area (Å²) in [4.78, 5) is 0. The number of aromatic nitrogens is 1. The number of aliphatic hydroxyl groups excluding tert-OH is 1. The van der Waals surface area contributed by atoms with E-state index >= 15 is 0 Å². The standard InChI is InChI=1S/C10H12N2O2S/c11-10-8-3-2-7(14-5-1-4-13)6-9(8)15-12-10/h2-3,6,13H,1,4-5H2,(H2,11,12). The van der Waals surface area contributed by atoms with Crippen molar-refractivity contribution in [3.05, 3.63) is 18.2 Å². The number of fused-ring (bicyclic) bond motifs is 1. The minimum atomic E-state index is 0.149. The molecule has 0 saturated carbocycles. The number of nitrogens with two attached hydrogens (primary N) is 1. The fourth-order valence-electron chi connectivity index (χ4n) is 1.28. The monoisotopic (exact) mass is 224 g/mol.